The van der Waals surface area contributed by atoms with Gasteiger partial charge in [-0.2, -0.15) is 0 Å². The van der Waals surface area contributed by atoms with E-state index in [0.717, 1.165) is 24.3 Å². The van der Waals surface area contributed by atoms with Crippen LogP contribution in [0.4, 0.5) is 10.5 Å². The predicted octanol–water partition coefficient (Wildman–Crippen LogP) is 4.87. The molecule has 0 bridgehead atoms. The first kappa shape index (κ1) is 18.5. The molecule has 2 aromatic rings. The van der Waals surface area contributed by atoms with Gasteiger partial charge in [-0.05, 0) is 47.9 Å². The number of nitro benzene ring substituents is 1. The lowest BCUT2D eigenvalue weighted by atomic mass is 9.85. The molecule has 0 aliphatic heterocycles. The van der Waals surface area contributed by atoms with Gasteiger partial charge < -0.3 is 9.47 Å². The molecule has 0 spiro atoms. The second-order valence-corrected chi connectivity index (χ2v) is 8.38. The zero-order valence-corrected chi connectivity index (χ0v) is 15.3. The van der Waals surface area contributed by atoms with Crippen LogP contribution in [0.3, 0.4) is 0 Å². The summed E-state index contributed by atoms with van der Waals surface area (Å²) < 4.78 is 10.2. The van der Waals surface area contributed by atoms with Crippen LogP contribution in [-0.2, 0) is 4.74 Å². The van der Waals surface area contributed by atoms with Crippen molar-refractivity contribution in [3.8, 4) is 5.75 Å². The third-order valence-corrected chi connectivity index (χ3v) is 7.11. The number of hydrogen-bond acceptors (Lipinski definition) is 8. The lowest BCUT2D eigenvalue weighted by Crippen LogP contribution is -2.38. The van der Waals surface area contributed by atoms with E-state index in [9.17, 15) is 14.9 Å². The van der Waals surface area contributed by atoms with Gasteiger partial charge in [0.05, 0.1) is 9.67 Å². The molecule has 0 radical (unpaired) electrons. The van der Waals surface area contributed by atoms with Crippen molar-refractivity contribution in [1.82, 2.24) is 4.98 Å². The second kappa shape index (κ2) is 8.41. The maximum absolute atomic E-state index is 11.9. The highest BCUT2D eigenvalue weighted by atomic mass is 33.1. The number of non-ortho nitro benzene ring substituents is 1. The summed E-state index contributed by atoms with van der Waals surface area (Å²) in [6.45, 7) is 0.253. The van der Waals surface area contributed by atoms with Crippen LogP contribution in [0.25, 0.3) is 0 Å². The van der Waals surface area contributed by atoms with Gasteiger partial charge in [0.25, 0.3) is 5.69 Å². The van der Waals surface area contributed by atoms with Gasteiger partial charge in [0.15, 0.2) is 0 Å². The SMILES string of the molecule is O=C(OCC1(SSc2ccccn2)CCC1)Oc1ccc([N+](=O)[O-])cc1. The van der Waals surface area contributed by atoms with Gasteiger partial charge in [0.1, 0.15) is 17.4 Å². The molecule has 9 heteroatoms. The fourth-order valence-electron chi connectivity index (χ4n) is 2.30. The van der Waals surface area contributed by atoms with E-state index in [-0.39, 0.29) is 22.8 Å². The monoisotopic (exact) mass is 392 g/mol. The van der Waals surface area contributed by atoms with Crippen LogP contribution in [0.15, 0.2) is 53.7 Å². The highest BCUT2D eigenvalue weighted by Crippen LogP contribution is 2.51. The molecule has 1 heterocycles. The summed E-state index contributed by atoms with van der Waals surface area (Å²) in [5, 5.41) is 11.5. The van der Waals surface area contributed by atoms with Gasteiger partial charge in [-0.3, -0.25) is 10.1 Å². The number of pyridine rings is 1. The largest absolute Gasteiger partial charge is 0.513 e. The Morgan fingerprint density at radius 2 is 2.00 bits per heavy atom. The number of carbonyl (C=O) groups is 1. The van der Waals surface area contributed by atoms with Crippen LogP contribution in [0.2, 0.25) is 0 Å². The quantitative estimate of drug-likeness (QED) is 0.217. The minimum Gasteiger partial charge on any atom is -0.432 e. The summed E-state index contributed by atoms with van der Waals surface area (Å²) in [6.07, 6.45) is 3.95. The zero-order valence-electron chi connectivity index (χ0n) is 13.7. The molecule has 3 rings (SSSR count). The zero-order chi connectivity index (χ0) is 18.4. The Hall–Kier alpha value is -2.26. The molecule has 26 heavy (non-hydrogen) atoms. The molecule has 7 nitrogen and oxygen atoms in total. The third-order valence-electron chi connectivity index (χ3n) is 3.91. The Morgan fingerprint density at radius 3 is 2.58 bits per heavy atom. The molecule has 1 aromatic carbocycles. The van der Waals surface area contributed by atoms with Crippen LogP contribution in [0, 0.1) is 10.1 Å². The van der Waals surface area contributed by atoms with E-state index in [1.807, 2.05) is 18.2 Å². The van der Waals surface area contributed by atoms with Gasteiger partial charge in [-0.25, -0.2) is 9.78 Å². The molecule has 0 saturated heterocycles. The normalized spacial score (nSPS) is 14.9. The number of carbonyl (C=O) groups excluding carboxylic acids is 1. The van der Waals surface area contributed by atoms with E-state index < -0.39 is 11.1 Å². The molecule has 1 fully saturated rings. The molecule has 0 N–H and O–H groups in total. The van der Waals surface area contributed by atoms with Crippen molar-refractivity contribution in [1.29, 1.82) is 0 Å². The van der Waals surface area contributed by atoms with Crippen molar-refractivity contribution >= 4 is 33.4 Å². The van der Waals surface area contributed by atoms with E-state index in [4.69, 9.17) is 9.47 Å². The van der Waals surface area contributed by atoms with Crippen molar-refractivity contribution in [3.05, 3.63) is 58.8 Å². The first-order valence-corrected chi connectivity index (χ1v) is 10.1. The molecule has 1 aliphatic carbocycles. The van der Waals surface area contributed by atoms with Crippen LogP contribution in [0.1, 0.15) is 19.3 Å². The first-order chi connectivity index (χ1) is 12.6. The van der Waals surface area contributed by atoms with Crippen LogP contribution in [0.5, 0.6) is 5.75 Å². The van der Waals surface area contributed by atoms with Gasteiger partial charge >= 0.3 is 6.16 Å². The fraction of sp³-hybridized carbons (Fsp3) is 0.294. The van der Waals surface area contributed by atoms with Crippen molar-refractivity contribution in [3.63, 3.8) is 0 Å². The maximum atomic E-state index is 11.9. The molecule has 0 unspecified atom stereocenters. The maximum Gasteiger partial charge on any atom is 0.513 e. The highest BCUT2D eigenvalue weighted by molar-refractivity contribution is 8.77. The Labute approximate surface area is 158 Å². The minimum atomic E-state index is -0.812. The molecule has 0 amide bonds. The lowest BCUT2D eigenvalue weighted by Gasteiger charge is -2.39. The lowest BCUT2D eigenvalue weighted by molar-refractivity contribution is -0.384. The summed E-state index contributed by atoms with van der Waals surface area (Å²) in [5.41, 5.74) is -0.0675. The van der Waals surface area contributed by atoms with Crippen molar-refractivity contribution in [2.24, 2.45) is 0 Å². The summed E-state index contributed by atoms with van der Waals surface area (Å²) in [5.74, 6) is 0.207. The van der Waals surface area contributed by atoms with Gasteiger partial charge in [-0.15, -0.1) is 0 Å². The van der Waals surface area contributed by atoms with Gasteiger partial charge in [-0.1, -0.05) is 23.3 Å². The molecule has 1 saturated carbocycles. The van der Waals surface area contributed by atoms with Crippen LogP contribution in [-0.4, -0.2) is 27.4 Å². The average Bonchev–Trinajstić information content (AvgIpc) is 2.62. The topological polar surface area (TPSA) is 91.6 Å². The number of benzene rings is 1. The molecule has 0 atom stereocenters. The van der Waals surface area contributed by atoms with E-state index in [0.29, 0.717) is 0 Å². The van der Waals surface area contributed by atoms with Gasteiger partial charge in [0.2, 0.25) is 0 Å². The van der Waals surface area contributed by atoms with E-state index in [2.05, 4.69) is 4.98 Å². The summed E-state index contributed by atoms with van der Waals surface area (Å²) in [4.78, 5) is 26.3. The first-order valence-electron chi connectivity index (χ1n) is 7.92. The van der Waals surface area contributed by atoms with Gasteiger partial charge in [0, 0.05) is 18.3 Å². The second-order valence-electron chi connectivity index (χ2n) is 5.76. The Balaban J connectivity index is 1.48. The van der Waals surface area contributed by atoms with Crippen molar-refractivity contribution in [2.45, 2.75) is 29.0 Å². The number of nitrogens with zero attached hydrogens (tertiary/aromatic N) is 2. The minimum absolute atomic E-state index is 0.0675. The standard InChI is InChI=1S/C17H16N2O5S2/c20-16(24-14-7-5-13(6-8-14)19(21)22)23-12-17(9-3-10-17)26-25-15-4-1-2-11-18-15/h1-2,4-8,11H,3,9-10,12H2. The Bertz CT molecular complexity index is 766. The van der Waals surface area contributed by atoms with Crippen molar-refractivity contribution < 1.29 is 19.2 Å². The number of ether oxygens (including phenoxy) is 2. The number of nitro groups is 1. The van der Waals surface area contributed by atoms with E-state index in [1.54, 1.807) is 27.8 Å². The van der Waals surface area contributed by atoms with E-state index >= 15 is 0 Å². The number of aromatic nitrogens is 1. The molecule has 136 valence electrons. The van der Waals surface area contributed by atoms with Crippen LogP contribution < -0.4 is 4.74 Å². The van der Waals surface area contributed by atoms with Crippen molar-refractivity contribution in [2.75, 3.05) is 6.61 Å². The smallest absolute Gasteiger partial charge is 0.432 e. The number of hydrogen-bond donors (Lipinski definition) is 0. The molecule has 1 aliphatic rings. The fourth-order valence-corrected chi connectivity index (χ4v) is 5.09. The Kier molecular flexibility index (Phi) is 6.00. The Morgan fingerprint density at radius 1 is 1.23 bits per heavy atom. The average molecular weight is 392 g/mol. The molecular formula is C17H16N2O5S2. The predicted molar refractivity (Wildman–Crippen MR) is 99.3 cm³/mol. The summed E-state index contributed by atoms with van der Waals surface area (Å²) >= 11 is 0. The highest BCUT2D eigenvalue weighted by Gasteiger charge is 2.40. The summed E-state index contributed by atoms with van der Waals surface area (Å²) in [7, 11) is 3.24. The summed E-state index contributed by atoms with van der Waals surface area (Å²) in [6, 6.07) is 11.0. The number of rotatable bonds is 7. The molecular weight excluding hydrogens is 376 g/mol. The van der Waals surface area contributed by atoms with E-state index in [1.165, 1.54) is 24.3 Å². The molecule has 1 aromatic heterocycles. The third kappa shape index (κ3) is 4.89. The van der Waals surface area contributed by atoms with Crippen LogP contribution >= 0.6 is 21.6 Å².